The van der Waals surface area contributed by atoms with E-state index in [-0.39, 0.29) is 18.0 Å². The van der Waals surface area contributed by atoms with Crippen LogP contribution in [-0.2, 0) is 27.3 Å². The summed E-state index contributed by atoms with van der Waals surface area (Å²) in [6.07, 6.45) is -0.391. The fourth-order valence-electron chi connectivity index (χ4n) is 4.05. The molecule has 1 saturated heterocycles. The molecule has 0 aliphatic carbocycles. The Morgan fingerprint density at radius 1 is 1.22 bits per heavy atom. The molecule has 0 aromatic heterocycles. The Hall–Kier alpha value is -2.64. The van der Waals surface area contributed by atoms with Crippen LogP contribution in [0.25, 0.3) is 11.1 Å². The normalized spacial score (nSPS) is 19.7. The minimum atomic E-state index is -0.572. The smallest absolute Gasteiger partial charge is 0.410 e. The molecule has 1 unspecified atom stereocenters. The molecule has 7 heteroatoms. The van der Waals surface area contributed by atoms with Gasteiger partial charge in [-0.05, 0) is 81.1 Å². The minimum absolute atomic E-state index is 0.0502. The number of benzene rings is 2. The van der Waals surface area contributed by atoms with Gasteiger partial charge in [-0.3, -0.25) is 4.90 Å². The number of ether oxygens (including phenoxy) is 3. The summed E-state index contributed by atoms with van der Waals surface area (Å²) in [7, 11) is 0. The van der Waals surface area contributed by atoms with E-state index in [1.807, 2.05) is 40.7 Å². The number of anilines is 1. The molecule has 1 fully saturated rings. The lowest BCUT2D eigenvalue weighted by Gasteiger charge is -2.24. The number of nitrogens with one attached hydrogen (secondary N) is 1. The molecule has 1 atom stereocenters. The summed E-state index contributed by atoms with van der Waals surface area (Å²) in [5, 5.41) is 3.44. The van der Waals surface area contributed by atoms with Crippen molar-refractivity contribution in [1.82, 2.24) is 4.90 Å². The number of halogens is 1. The second-order valence-corrected chi connectivity index (χ2v) is 9.84. The Balaban J connectivity index is 1.59. The summed E-state index contributed by atoms with van der Waals surface area (Å²) < 4.78 is 30.6. The van der Waals surface area contributed by atoms with Gasteiger partial charge in [-0.15, -0.1) is 0 Å². The summed E-state index contributed by atoms with van der Waals surface area (Å²) in [6.45, 7) is 11.4. The lowest BCUT2D eigenvalue weighted by atomic mass is 9.96. The maximum atomic E-state index is 13.5. The fraction of sp³-hybridized carbons (Fsp3) is 0.480. The topological polar surface area (TPSA) is 60.0 Å². The number of amides is 1. The Kier molecular flexibility index (Phi) is 5.90. The van der Waals surface area contributed by atoms with Crippen molar-refractivity contribution in [3.05, 3.63) is 53.3 Å². The molecule has 32 heavy (non-hydrogen) atoms. The van der Waals surface area contributed by atoms with Gasteiger partial charge in [-0.25, -0.2) is 9.18 Å². The summed E-state index contributed by atoms with van der Waals surface area (Å²) in [5.41, 5.74) is 4.33. The van der Waals surface area contributed by atoms with Gasteiger partial charge in [0.05, 0.1) is 13.2 Å². The van der Waals surface area contributed by atoms with Crippen LogP contribution in [0.1, 0.15) is 45.7 Å². The van der Waals surface area contributed by atoms with E-state index < -0.39 is 11.4 Å². The standard InChI is InChI=1S/C25H31FN2O4/c1-24(2,3)32-23(29)28-13-17-10-19(27-12-20-15-30-25(4,5)31-20)11-21(22(17)14-28)16-6-8-18(26)9-7-16/h6-11,20,27H,12-15H2,1-5H3. The van der Waals surface area contributed by atoms with Crippen molar-refractivity contribution >= 4 is 11.8 Å². The highest BCUT2D eigenvalue weighted by atomic mass is 19.1. The van der Waals surface area contributed by atoms with Gasteiger partial charge in [0.1, 0.15) is 17.5 Å². The lowest BCUT2D eigenvalue weighted by molar-refractivity contribution is -0.136. The SMILES string of the molecule is CC(C)(C)OC(=O)N1Cc2cc(NCC3COC(C)(C)O3)cc(-c3ccc(F)cc3)c2C1. The molecule has 1 N–H and O–H groups in total. The quantitative estimate of drug-likeness (QED) is 0.696. The molecule has 2 aliphatic heterocycles. The average Bonchev–Trinajstić information content (AvgIpc) is 3.28. The number of hydrogen-bond donors (Lipinski definition) is 1. The van der Waals surface area contributed by atoms with E-state index in [4.69, 9.17) is 14.2 Å². The first-order valence-corrected chi connectivity index (χ1v) is 10.9. The maximum Gasteiger partial charge on any atom is 0.410 e. The van der Waals surface area contributed by atoms with Crippen molar-refractivity contribution < 1.29 is 23.4 Å². The molecule has 0 spiro atoms. The third kappa shape index (κ3) is 5.22. The highest BCUT2D eigenvalue weighted by Gasteiger charge is 2.33. The van der Waals surface area contributed by atoms with Gasteiger partial charge in [0.2, 0.25) is 0 Å². The Bertz CT molecular complexity index is 998. The van der Waals surface area contributed by atoms with E-state index in [9.17, 15) is 9.18 Å². The molecular weight excluding hydrogens is 411 g/mol. The third-order valence-electron chi connectivity index (χ3n) is 5.46. The van der Waals surface area contributed by atoms with E-state index in [1.54, 1.807) is 17.0 Å². The van der Waals surface area contributed by atoms with Crippen molar-refractivity contribution in [2.75, 3.05) is 18.5 Å². The van der Waals surface area contributed by atoms with Crippen LogP contribution >= 0.6 is 0 Å². The zero-order valence-corrected chi connectivity index (χ0v) is 19.3. The molecule has 2 aliphatic rings. The maximum absolute atomic E-state index is 13.5. The number of fused-ring (bicyclic) bond motifs is 1. The summed E-state index contributed by atoms with van der Waals surface area (Å²) in [4.78, 5) is 14.4. The first kappa shape index (κ1) is 22.6. The van der Waals surface area contributed by atoms with Gasteiger partial charge in [-0.1, -0.05) is 12.1 Å². The Labute approximate surface area is 188 Å². The summed E-state index contributed by atoms with van der Waals surface area (Å²) in [5.74, 6) is -0.853. The van der Waals surface area contributed by atoms with Gasteiger partial charge >= 0.3 is 6.09 Å². The molecule has 2 aromatic rings. The van der Waals surface area contributed by atoms with Crippen LogP contribution in [0, 0.1) is 5.82 Å². The number of carbonyl (C=O) groups is 1. The highest BCUT2D eigenvalue weighted by molar-refractivity contribution is 5.77. The van der Waals surface area contributed by atoms with Crippen LogP contribution in [-0.4, -0.2) is 41.6 Å². The minimum Gasteiger partial charge on any atom is -0.444 e. The molecule has 4 rings (SSSR count). The van der Waals surface area contributed by atoms with Crippen LogP contribution in [0.3, 0.4) is 0 Å². The second kappa shape index (κ2) is 8.37. The van der Waals surface area contributed by atoms with Crippen LogP contribution in [0.2, 0.25) is 0 Å². The fourth-order valence-corrected chi connectivity index (χ4v) is 4.05. The van der Waals surface area contributed by atoms with Crippen molar-refractivity contribution in [2.45, 2.75) is 65.2 Å². The Morgan fingerprint density at radius 3 is 2.56 bits per heavy atom. The average molecular weight is 443 g/mol. The van der Waals surface area contributed by atoms with Gasteiger partial charge < -0.3 is 19.5 Å². The predicted octanol–water partition coefficient (Wildman–Crippen LogP) is 5.31. The van der Waals surface area contributed by atoms with Gasteiger partial charge in [0.25, 0.3) is 0 Å². The molecule has 1 amide bonds. The highest BCUT2D eigenvalue weighted by Crippen LogP contribution is 2.36. The van der Waals surface area contributed by atoms with Crippen molar-refractivity contribution in [2.24, 2.45) is 0 Å². The van der Waals surface area contributed by atoms with Crippen LogP contribution in [0.5, 0.6) is 0 Å². The van der Waals surface area contributed by atoms with Crippen molar-refractivity contribution in [3.63, 3.8) is 0 Å². The van der Waals surface area contributed by atoms with E-state index in [0.717, 1.165) is 27.9 Å². The largest absolute Gasteiger partial charge is 0.444 e. The van der Waals surface area contributed by atoms with E-state index in [2.05, 4.69) is 11.4 Å². The first-order chi connectivity index (χ1) is 15.0. The molecular formula is C25H31FN2O4. The number of rotatable bonds is 4. The summed E-state index contributed by atoms with van der Waals surface area (Å²) >= 11 is 0. The Morgan fingerprint density at radius 2 is 1.94 bits per heavy atom. The molecule has 172 valence electrons. The van der Waals surface area contributed by atoms with E-state index in [1.165, 1.54) is 12.1 Å². The monoisotopic (exact) mass is 442 g/mol. The van der Waals surface area contributed by atoms with Crippen molar-refractivity contribution in [1.29, 1.82) is 0 Å². The van der Waals surface area contributed by atoms with Gasteiger partial charge in [0.15, 0.2) is 5.79 Å². The van der Waals surface area contributed by atoms with Crippen LogP contribution in [0.4, 0.5) is 14.9 Å². The molecule has 0 bridgehead atoms. The molecule has 2 aromatic carbocycles. The number of carbonyl (C=O) groups excluding carboxylic acids is 1. The molecule has 6 nitrogen and oxygen atoms in total. The van der Waals surface area contributed by atoms with Gasteiger partial charge in [0, 0.05) is 18.8 Å². The van der Waals surface area contributed by atoms with E-state index >= 15 is 0 Å². The zero-order valence-electron chi connectivity index (χ0n) is 19.3. The first-order valence-electron chi connectivity index (χ1n) is 10.9. The predicted molar refractivity (Wildman–Crippen MR) is 121 cm³/mol. The lowest BCUT2D eigenvalue weighted by Crippen LogP contribution is -2.33. The molecule has 0 saturated carbocycles. The molecule has 0 radical (unpaired) electrons. The van der Waals surface area contributed by atoms with Crippen LogP contribution < -0.4 is 5.32 Å². The van der Waals surface area contributed by atoms with Gasteiger partial charge in [-0.2, -0.15) is 0 Å². The van der Waals surface area contributed by atoms with Crippen LogP contribution in [0.15, 0.2) is 36.4 Å². The van der Waals surface area contributed by atoms with E-state index in [0.29, 0.717) is 26.2 Å². The number of hydrogen-bond acceptors (Lipinski definition) is 5. The van der Waals surface area contributed by atoms with Crippen molar-refractivity contribution in [3.8, 4) is 11.1 Å². The number of nitrogens with zero attached hydrogens (tertiary/aromatic N) is 1. The zero-order chi connectivity index (χ0) is 23.1. The summed E-state index contributed by atoms with van der Waals surface area (Å²) in [6, 6.07) is 10.5. The molecule has 2 heterocycles. The third-order valence-corrected chi connectivity index (χ3v) is 5.46. The second-order valence-electron chi connectivity index (χ2n) is 9.84.